The van der Waals surface area contributed by atoms with Crippen molar-refractivity contribution in [2.75, 3.05) is 24.6 Å². The Labute approximate surface area is 102 Å². The molecule has 4 heteroatoms. The molecule has 0 saturated carbocycles. The van der Waals surface area contributed by atoms with E-state index in [4.69, 9.17) is 5.11 Å². The molecule has 4 nitrogen and oxygen atoms in total. The van der Waals surface area contributed by atoms with E-state index in [0.717, 1.165) is 37.3 Å². The third-order valence-electron chi connectivity index (χ3n) is 3.39. The van der Waals surface area contributed by atoms with Gasteiger partial charge in [-0.15, -0.1) is 0 Å². The fourth-order valence-electron chi connectivity index (χ4n) is 2.44. The van der Waals surface area contributed by atoms with E-state index in [9.17, 15) is 5.11 Å². The zero-order chi connectivity index (χ0) is 12.3. The highest BCUT2D eigenvalue weighted by atomic mass is 16.3. The van der Waals surface area contributed by atoms with Crippen molar-refractivity contribution in [1.82, 2.24) is 4.98 Å². The summed E-state index contributed by atoms with van der Waals surface area (Å²) in [5.74, 6) is 1.44. The summed E-state index contributed by atoms with van der Waals surface area (Å²) in [5.41, 5.74) is 0.886. The number of aliphatic hydroxyl groups is 2. The second kappa shape index (κ2) is 5.47. The van der Waals surface area contributed by atoms with Crippen molar-refractivity contribution >= 4 is 5.82 Å². The minimum Gasteiger partial charge on any atom is -0.396 e. The predicted octanol–water partition coefficient (Wildman–Crippen LogP) is 1.34. The Kier molecular flexibility index (Phi) is 3.97. The topological polar surface area (TPSA) is 56.6 Å². The number of aromatic nitrogens is 1. The van der Waals surface area contributed by atoms with Crippen LogP contribution in [0.1, 0.15) is 31.4 Å². The highest BCUT2D eigenvalue weighted by molar-refractivity contribution is 5.48. The maximum absolute atomic E-state index is 9.73. The monoisotopic (exact) mass is 236 g/mol. The molecule has 0 bridgehead atoms. The summed E-state index contributed by atoms with van der Waals surface area (Å²) < 4.78 is 0. The zero-order valence-corrected chi connectivity index (χ0v) is 10.2. The lowest BCUT2D eigenvalue weighted by atomic mass is 10.1. The van der Waals surface area contributed by atoms with Gasteiger partial charge in [0.25, 0.3) is 0 Å². The van der Waals surface area contributed by atoms with E-state index in [1.807, 2.05) is 12.1 Å². The van der Waals surface area contributed by atoms with Crippen LogP contribution in [0.25, 0.3) is 0 Å². The first-order valence-electron chi connectivity index (χ1n) is 6.21. The van der Waals surface area contributed by atoms with E-state index < -0.39 is 6.10 Å². The number of hydrogen-bond acceptors (Lipinski definition) is 4. The smallest absolute Gasteiger partial charge is 0.134 e. The minimum absolute atomic E-state index is 0.254. The molecule has 0 spiro atoms. The molecule has 0 aromatic carbocycles. The molecule has 1 saturated heterocycles. The fraction of sp³-hybridized carbons (Fsp3) is 0.615. The van der Waals surface area contributed by atoms with Gasteiger partial charge in [0, 0.05) is 31.5 Å². The van der Waals surface area contributed by atoms with Gasteiger partial charge < -0.3 is 15.1 Å². The normalized spacial score (nSPS) is 21.8. The van der Waals surface area contributed by atoms with Gasteiger partial charge in [-0.1, -0.05) is 6.07 Å². The molecule has 0 amide bonds. The van der Waals surface area contributed by atoms with Gasteiger partial charge in [0.1, 0.15) is 5.82 Å². The number of anilines is 1. The minimum atomic E-state index is -0.490. The Morgan fingerprint density at radius 2 is 2.41 bits per heavy atom. The van der Waals surface area contributed by atoms with Gasteiger partial charge in [-0.2, -0.15) is 0 Å². The van der Waals surface area contributed by atoms with Gasteiger partial charge in [0.05, 0.1) is 6.10 Å². The summed E-state index contributed by atoms with van der Waals surface area (Å²) in [7, 11) is 0. The largest absolute Gasteiger partial charge is 0.396 e. The molecule has 1 aliphatic heterocycles. The molecule has 2 N–H and O–H groups in total. The SMILES string of the molecule is CC(O)c1cccnc1N1CCC(CCO)C1. The maximum Gasteiger partial charge on any atom is 0.134 e. The number of hydrogen-bond donors (Lipinski definition) is 2. The molecule has 2 unspecified atom stereocenters. The molecule has 2 atom stereocenters. The first kappa shape index (κ1) is 12.3. The summed E-state index contributed by atoms with van der Waals surface area (Å²) in [4.78, 5) is 6.59. The van der Waals surface area contributed by atoms with Gasteiger partial charge in [-0.25, -0.2) is 4.98 Å². The van der Waals surface area contributed by atoms with Crippen LogP contribution in [-0.4, -0.2) is 34.9 Å². The van der Waals surface area contributed by atoms with Crippen molar-refractivity contribution in [3.63, 3.8) is 0 Å². The highest BCUT2D eigenvalue weighted by Gasteiger charge is 2.25. The van der Waals surface area contributed by atoms with Gasteiger partial charge in [-0.3, -0.25) is 0 Å². The van der Waals surface area contributed by atoms with E-state index in [1.165, 1.54) is 0 Å². The summed E-state index contributed by atoms with van der Waals surface area (Å²) in [6, 6.07) is 3.78. The maximum atomic E-state index is 9.73. The summed E-state index contributed by atoms with van der Waals surface area (Å²) in [5, 5.41) is 18.7. The number of rotatable bonds is 4. The number of pyridine rings is 1. The second-order valence-corrected chi connectivity index (χ2v) is 4.71. The molecule has 1 aliphatic rings. The van der Waals surface area contributed by atoms with Crippen LogP contribution >= 0.6 is 0 Å². The molecule has 0 aliphatic carbocycles. The lowest BCUT2D eigenvalue weighted by molar-refractivity contribution is 0.199. The second-order valence-electron chi connectivity index (χ2n) is 4.71. The third-order valence-corrected chi connectivity index (χ3v) is 3.39. The summed E-state index contributed by atoms with van der Waals surface area (Å²) in [6.07, 6.45) is 3.22. The molecule has 17 heavy (non-hydrogen) atoms. The third kappa shape index (κ3) is 2.76. The van der Waals surface area contributed by atoms with E-state index in [2.05, 4.69) is 9.88 Å². The van der Waals surface area contributed by atoms with Crippen molar-refractivity contribution < 1.29 is 10.2 Å². The molecule has 0 radical (unpaired) electrons. The Balaban J connectivity index is 2.13. The van der Waals surface area contributed by atoms with Gasteiger partial charge >= 0.3 is 0 Å². The van der Waals surface area contributed by atoms with Crippen LogP contribution in [0.15, 0.2) is 18.3 Å². The molecule has 94 valence electrons. The van der Waals surface area contributed by atoms with Crippen molar-refractivity contribution in [1.29, 1.82) is 0 Å². The van der Waals surface area contributed by atoms with Crippen LogP contribution in [-0.2, 0) is 0 Å². The van der Waals surface area contributed by atoms with Crippen molar-refractivity contribution in [3.8, 4) is 0 Å². The standard InChI is InChI=1S/C13H20N2O2/c1-10(17)12-3-2-6-14-13(12)15-7-4-11(9-15)5-8-16/h2-3,6,10-11,16-17H,4-5,7-9H2,1H3. The predicted molar refractivity (Wildman–Crippen MR) is 66.9 cm³/mol. The molecular weight excluding hydrogens is 216 g/mol. The summed E-state index contributed by atoms with van der Waals surface area (Å²) >= 11 is 0. The van der Waals surface area contributed by atoms with Crippen molar-refractivity contribution in [2.24, 2.45) is 5.92 Å². The van der Waals surface area contributed by atoms with Gasteiger partial charge in [0.15, 0.2) is 0 Å². The van der Waals surface area contributed by atoms with Crippen LogP contribution in [0, 0.1) is 5.92 Å². The van der Waals surface area contributed by atoms with Crippen molar-refractivity contribution in [2.45, 2.75) is 25.9 Å². The lowest BCUT2D eigenvalue weighted by Gasteiger charge is -2.21. The lowest BCUT2D eigenvalue weighted by Crippen LogP contribution is -2.23. The van der Waals surface area contributed by atoms with Crippen LogP contribution in [0.4, 0.5) is 5.82 Å². The molecule has 1 fully saturated rings. The van der Waals surface area contributed by atoms with Gasteiger partial charge in [0.2, 0.25) is 0 Å². The molecule has 2 rings (SSSR count). The molecule has 1 aromatic rings. The van der Waals surface area contributed by atoms with E-state index in [0.29, 0.717) is 5.92 Å². The van der Waals surface area contributed by atoms with Crippen LogP contribution in [0.2, 0.25) is 0 Å². The Bertz CT molecular complexity index is 368. The van der Waals surface area contributed by atoms with E-state index >= 15 is 0 Å². The van der Waals surface area contributed by atoms with Gasteiger partial charge in [-0.05, 0) is 31.7 Å². The first-order valence-corrected chi connectivity index (χ1v) is 6.21. The first-order chi connectivity index (χ1) is 8.22. The zero-order valence-electron chi connectivity index (χ0n) is 10.2. The highest BCUT2D eigenvalue weighted by Crippen LogP contribution is 2.29. The Morgan fingerprint density at radius 3 is 3.12 bits per heavy atom. The van der Waals surface area contributed by atoms with Crippen LogP contribution < -0.4 is 4.90 Å². The van der Waals surface area contributed by atoms with E-state index in [1.54, 1.807) is 13.1 Å². The van der Waals surface area contributed by atoms with Crippen LogP contribution in [0.5, 0.6) is 0 Å². The molecule has 2 heterocycles. The average Bonchev–Trinajstić information content (AvgIpc) is 2.78. The number of nitrogens with zero attached hydrogens (tertiary/aromatic N) is 2. The number of aliphatic hydroxyl groups excluding tert-OH is 2. The van der Waals surface area contributed by atoms with Crippen LogP contribution in [0.3, 0.4) is 0 Å². The average molecular weight is 236 g/mol. The quantitative estimate of drug-likeness (QED) is 0.828. The Morgan fingerprint density at radius 1 is 1.59 bits per heavy atom. The van der Waals surface area contributed by atoms with Crippen molar-refractivity contribution in [3.05, 3.63) is 23.9 Å². The summed E-state index contributed by atoms with van der Waals surface area (Å²) in [6.45, 7) is 3.91. The van der Waals surface area contributed by atoms with E-state index in [-0.39, 0.29) is 6.61 Å². The molecular formula is C13H20N2O2. The fourth-order valence-corrected chi connectivity index (χ4v) is 2.44. The Hall–Kier alpha value is -1.13. The molecule has 1 aromatic heterocycles.